The summed E-state index contributed by atoms with van der Waals surface area (Å²) in [7, 11) is 3.02. The Labute approximate surface area is 356 Å². The molecule has 314 valence electrons. The first kappa shape index (κ1) is 42.8. The molecule has 0 aromatic heterocycles. The number of methoxy groups -OCH3 is 2. The Balaban J connectivity index is 1.28. The second kappa shape index (κ2) is 21.8. The summed E-state index contributed by atoms with van der Waals surface area (Å²) in [6, 6.07) is 51.9. The SMILES string of the molecule is COc1cc(C=C(C(=O)O)c2ccccc2)cc(OC)c1O[C@@H]1O[C@H](COCc2ccccc2)[C@H](OCc2ccccc2)[C@H](OCc2ccccc2)[C@H]1OCc1ccccc1. The van der Waals surface area contributed by atoms with Crippen molar-refractivity contribution in [3.05, 3.63) is 197 Å². The molecule has 1 heterocycles. The normalized spacial score (nSPS) is 18.9. The number of aliphatic carboxylic acids is 1. The summed E-state index contributed by atoms with van der Waals surface area (Å²) in [4.78, 5) is 12.4. The third-order valence-electron chi connectivity index (χ3n) is 10.2. The van der Waals surface area contributed by atoms with Crippen LogP contribution < -0.4 is 14.2 Å². The summed E-state index contributed by atoms with van der Waals surface area (Å²) in [5, 5.41) is 10.2. The number of carboxylic acid groups (broad SMARTS) is 1. The van der Waals surface area contributed by atoms with Gasteiger partial charge in [-0.05, 0) is 51.6 Å². The van der Waals surface area contributed by atoms with Gasteiger partial charge in [-0.3, -0.25) is 0 Å². The van der Waals surface area contributed by atoms with E-state index >= 15 is 0 Å². The zero-order valence-corrected chi connectivity index (χ0v) is 34.2. The molecular formula is C51H50O10. The van der Waals surface area contributed by atoms with E-state index in [2.05, 4.69) is 0 Å². The molecule has 61 heavy (non-hydrogen) atoms. The standard InChI is InChI=1S/C51H50O10/c1-54-43-29-40(28-42(50(52)53)41-26-16-7-17-27-41)30-44(55-2)46(43)61-51-49(59-34-39-24-14-6-15-25-39)48(58-33-38-22-12-5-13-23-38)47(57-32-37-20-10-4-11-21-37)45(60-51)35-56-31-36-18-8-3-9-19-36/h3-30,45,47-49,51H,31-35H2,1-2H3,(H,52,53)/t45-,47+,48+,49-,51+/m1/s1. The first-order valence-electron chi connectivity index (χ1n) is 20.2. The van der Waals surface area contributed by atoms with Crippen LogP contribution in [0.2, 0.25) is 0 Å². The van der Waals surface area contributed by atoms with Crippen molar-refractivity contribution < 1.29 is 47.8 Å². The van der Waals surface area contributed by atoms with Gasteiger partial charge in [-0.15, -0.1) is 0 Å². The topological polar surface area (TPSA) is 111 Å². The third-order valence-corrected chi connectivity index (χ3v) is 10.2. The number of ether oxygens (including phenoxy) is 8. The first-order valence-corrected chi connectivity index (χ1v) is 20.2. The minimum atomic E-state index is -1.10. The molecule has 0 spiro atoms. The Kier molecular flexibility index (Phi) is 15.3. The maximum Gasteiger partial charge on any atom is 0.336 e. The highest BCUT2D eigenvalue weighted by molar-refractivity contribution is 6.20. The molecule has 1 fully saturated rings. The average molecular weight is 823 g/mol. The molecule has 10 heteroatoms. The number of carbonyl (C=O) groups is 1. The van der Waals surface area contributed by atoms with Gasteiger partial charge < -0.3 is 43.0 Å². The second-order valence-corrected chi connectivity index (χ2v) is 14.4. The van der Waals surface area contributed by atoms with Crippen molar-refractivity contribution in [3.8, 4) is 17.2 Å². The average Bonchev–Trinajstić information content (AvgIpc) is 3.31. The molecule has 0 unspecified atom stereocenters. The van der Waals surface area contributed by atoms with Crippen molar-refractivity contribution in [2.75, 3.05) is 20.8 Å². The summed E-state index contributed by atoms with van der Waals surface area (Å²) in [6.45, 7) is 1.24. The summed E-state index contributed by atoms with van der Waals surface area (Å²) in [5.74, 6) is -0.277. The summed E-state index contributed by atoms with van der Waals surface area (Å²) in [5.41, 5.74) is 5.07. The fourth-order valence-corrected chi connectivity index (χ4v) is 7.11. The largest absolute Gasteiger partial charge is 0.493 e. The van der Waals surface area contributed by atoms with E-state index in [9.17, 15) is 9.90 Å². The van der Waals surface area contributed by atoms with Crippen LogP contribution in [0.1, 0.15) is 33.4 Å². The number of hydrogen-bond acceptors (Lipinski definition) is 9. The van der Waals surface area contributed by atoms with Crippen LogP contribution in [0.25, 0.3) is 11.6 Å². The van der Waals surface area contributed by atoms with Crippen LogP contribution in [-0.2, 0) is 54.9 Å². The molecule has 6 aromatic rings. The van der Waals surface area contributed by atoms with Gasteiger partial charge in [-0.1, -0.05) is 152 Å². The van der Waals surface area contributed by atoms with Crippen molar-refractivity contribution in [3.63, 3.8) is 0 Å². The predicted octanol–water partition coefficient (Wildman–Crippen LogP) is 9.41. The van der Waals surface area contributed by atoms with E-state index in [0.29, 0.717) is 17.7 Å². The lowest BCUT2D eigenvalue weighted by molar-refractivity contribution is -0.310. The maximum absolute atomic E-state index is 12.4. The first-order chi connectivity index (χ1) is 30.0. The Morgan fingerprint density at radius 2 is 1.00 bits per heavy atom. The summed E-state index contributed by atoms with van der Waals surface area (Å²) in [6.07, 6.45) is -2.51. The molecular weight excluding hydrogens is 773 g/mol. The molecule has 10 nitrogen and oxygen atoms in total. The van der Waals surface area contributed by atoms with Gasteiger partial charge in [0.1, 0.15) is 24.4 Å². The number of benzene rings is 6. The van der Waals surface area contributed by atoms with E-state index in [-0.39, 0.29) is 49.2 Å². The van der Waals surface area contributed by atoms with Gasteiger partial charge in [0.25, 0.3) is 0 Å². The monoisotopic (exact) mass is 822 g/mol. The molecule has 0 aliphatic carbocycles. The zero-order chi connectivity index (χ0) is 42.2. The lowest BCUT2D eigenvalue weighted by Crippen LogP contribution is -2.62. The third kappa shape index (κ3) is 11.7. The van der Waals surface area contributed by atoms with Crippen molar-refractivity contribution >= 4 is 17.6 Å². The molecule has 0 radical (unpaired) electrons. The van der Waals surface area contributed by atoms with E-state index in [1.54, 1.807) is 42.5 Å². The van der Waals surface area contributed by atoms with Gasteiger partial charge in [-0.2, -0.15) is 0 Å². The predicted molar refractivity (Wildman–Crippen MR) is 232 cm³/mol. The zero-order valence-electron chi connectivity index (χ0n) is 34.2. The van der Waals surface area contributed by atoms with Gasteiger partial charge >= 0.3 is 5.97 Å². The van der Waals surface area contributed by atoms with E-state index in [1.165, 1.54) is 14.2 Å². The molecule has 0 bridgehead atoms. The highest BCUT2D eigenvalue weighted by Crippen LogP contribution is 2.42. The second-order valence-electron chi connectivity index (χ2n) is 14.4. The van der Waals surface area contributed by atoms with Crippen LogP contribution in [0.5, 0.6) is 17.2 Å². The Morgan fingerprint density at radius 3 is 1.46 bits per heavy atom. The van der Waals surface area contributed by atoms with Gasteiger partial charge in [0.05, 0.1) is 52.8 Å². The molecule has 0 saturated carbocycles. The Hall–Kier alpha value is -6.27. The van der Waals surface area contributed by atoms with E-state index in [0.717, 1.165) is 22.3 Å². The van der Waals surface area contributed by atoms with Crippen LogP contribution in [0.4, 0.5) is 0 Å². The van der Waals surface area contributed by atoms with Crippen LogP contribution in [-0.4, -0.2) is 62.6 Å². The summed E-state index contributed by atoms with van der Waals surface area (Å²) < 4.78 is 52.4. The summed E-state index contributed by atoms with van der Waals surface area (Å²) >= 11 is 0. The van der Waals surface area contributed by atoms with Crippen molar-refractivity contribution in [1.82, 2.24) is 0 Å². The van der Waals surface area contributed by atoms with Crippen molar-refractivity contribution in [1.29, 1.82) is 0 Å². The highest BCUT2D eigenvalue weighted by Gasteiger charge is 2.50. The van der Waals surface area contributed by atoms with Gasteiger partial charge in [-0.25, -0.2) is 4.79 Å². The van der Waals surface area contributed by atoms with E-state index < -0.39 is 36.7 Å². The molecule has 1 aliphatic rings. The molecule has 0 amide bonds. The molecule has 1 N–H and O–H groups in total. The van der Waals surface area contributed by atoms with Crippen LogP contribution in [0, 0.1) is 0 Å². The quantitative estimate of drug-likeness (QED) is 0.0591. The fraction of sp³-hybridized carbons (Fsp3) is 0.235. The molecule has 6 aromatic carbocycles. The fourth-order valence-electron chi connectivity index (χ4n) is 7.11. The minimum Gasteiger partial charge on any atom is -0.493 e. The van der Waals surface area contributed by atoms with E-state index in [1.807, 2.05) is 127 Å². The van der Waals surface area contributed by atoms with E-state index in [4.69, 9.17) is 37.9 Å². The highest BCUT2D eigenvalue weighted by atomic mass is 16.7. The smallest absolute Gasteiger partial charge is 0.336 e. The van der Waals surface area contributed by atoms with Gasteiger partial charge in [0, 0.05) is 0 Å². The molecule has 1 saturated heterocycles. The molecule has 1 aliphatic heterocycles. The lowest BCUT2D eigenvalue weighted by Gasteiger charge is -2.45. The van der Waals surface area contributed by atoms with Gasteiger partial charge in [0.2, 0.25) is 12.0 Å². The molecule has 5 atom stereocenters. The van der Waals surface area contributed by atoms with Gasteiger partial charge in [0.15, 0.2) is 11.5 Å². The number of carboxylic acids is 1. The van der Waals surface area contributed by atoms with Crippen molar-refractivity contribution in [2.45, 2.75) is 57.1 Å². The molecule has 7 rings (SSSR count). The number of rotatable bonds is 20. The van der Waals surface area contributed by atoms with Crippen molar-refractivity contribution in [2.24, 2.45) is 0 Å². The van der Waals surface area contributed by atoms with Crippen LogP contribution >= 0.6 is 0 Å². The Bertz CT molecular complexity index is 2250. The lowest BCUT2D eigenvalue weighted by atomic mass is 9.97. The maximum atomic E-state index is 12.4. The number of hydrogen-bond donors (Lipinski definition) is 1. The minimum absolute atomic E-state index is 0.0988. The Morgan fingerprint density at radius 1 is 0.574 bits per heavy atom. The van der Waals surface area contributed by atoms with Crippen LogP contribution in [0.3, 0.4) is 0 Å². The van der Waals surface area contributed by atoms with Crippen LogP contribution in [0.15, 0.2) is 164 Å².